The van der Waals surface area contributed by atoms with Gasteiger partial charge in [-0.15, -0.1) is 5.10 Å². The van der Waals surface area contributed by atoms with E-state index in [-0.39, 0.29) is 18.4 Å². The first-order chi connectivity index (χ1) is 13.3. The molecular weight excluding hydrogens is 342 g/mol. The van der Waals surface area contributed by atoms with E-state index >= 15 is 0 Å². The lowest BCUT2D eigenvalue weighted by Crippen LogP contribution is -2.42. The van der Waals surface area contributed by atoms with Crippen LogP contribution in [0.5, 0.6) is 5.75 Å². The molecule has 0 radical (unpaired) electrons. The molecule has 7 heteroatoms. The summed E-state index contributed by atoms with van der Waals surface area (Å²) in [6, 6.07) is 19.2. The number of ether oxygens (including phenoxy) is 1. The minimum absolute atomic E-state index is 0.0118. The maximum Gasteiger partial charge on any atom is 0.260 e. The zero-order chi connectivity index (χ0) is 18.5. The van der Waals surface area contributed by atoms with Gasteiger partial charge in [-0.1, -0.05) is 36.4 Å². The summed E-state index contributed by atoms with van der Waals surface area (Å²) in [6.45, 7) is 1.38. The predicted molar refractivity (Wildman–Crippen MR) is 99.6 cm³/mol. The van der Waals surface area contributed by atoms with E-state index in [1.807, 2.05) is 65.6 Å². The molecule has 1 aliphatic heterocycles. The third-order valence-corrected chi connectivity index (χ3v) is 4.74. The van der Waals surface area contributed by atoms with E-state index in [0.717, 1.165) is 30.9 Å². The molecule has 1 aliphatic rings. The largest absolute Gasteiger partial charge is 0.484 e. The third-order valence-electron chi connectivity index (χ3n) is 4.74. The molecular formula is C20H21N5O2. The van der Waals surface area contributed by atoms with Gasteiger partial charge in [0.25, 0.3) is 5.91 Å². The van der Waals surface area contributed by atoms with Gasteiger partial charge in [-0.05, 0) is 47.5 Å². The zero-order valence-corrected chi connectivity index (χ0v) is 14.9. The van der Waals surface area contributed by atoms with Crippen LogP contribution in [-0.2, 0) is 4.79 Å². The van der Waals surface area contributed by atoms with Gasteiger partial charge in [-0.2, -0.15) is 4.68 Å². The molecule has 2 aromatic carbocycles. The molecule has 1 fully saturated rings. The summed E-state index contributed by atoms with van der Waals surface area (Å²) in [5.74, 6) is 1.59. The minimum atomic E-state index is -0.0118. The number of carbonyl (C=O) groups is 1. The predicted octanol–water partition coefficient (Wildman–Crippen LogP) is 2.45. The van der Waals surface area contributed by atoms with Crippen molar-refractivity contribution < 1.29 is 9.53 Å². The van der Waals surface area contributed by atoms with Crippen molar-refractivity contribution in [3.63, 3.8) is 0 Å². The van der Waals surface area contributed by atoms with Crippen LogP contribution in [0.15, 0.2) is 60.7 Å². The smallest absolute Gasteiger partial charge is 0.260 e. The first kappa shape index (κ1) is 17.2. The standard InChI is InChI=1S/C20H21N5O2/c26-19(15-27-18-11-5-2-6-12-18)24-13-7-8-16(14-24)20-21-22-23-25(20)17-9-3-1-4-10-17/h1-6,9-12,16H,7-8,13-15H2. The average molecular weight is 363 g/mol. The fourth-order valence-corrected chi connectivity index (χ4v) is 3.37. The number of hydrogen-bond acceptors (Lipinski definition) is 5. The number of hydrogen-bond donors (Lipinski definition) is 0. The van der Waals surface area contributed by atoms with Crippen LogP contribution in [0.3, 0.4) is 0 Å². The van der Waals surface area contributed by atoms with Crippen molar-refractivity contribution in [1.82, 2.24) is 25.1 Å². The van der Waals surface area contributed by atoms with Crippen molar-refractivity contribution in [3.05, 3.63) is 66.5 Å². The summed E-state index contributed by atoms with van der Waals surface area (Å²) < 4.78 is 7.37. The average Bonchev–Trinajstić information content (AvgIpc) is 3.23. The van der Waals surface area contributed by atoms with Gasteiger partial charge in [0, 0.05) is 19.0 Å². The second-order valence-corrected chi connectivity index (χ2v) is 6.57. The van der Waals surface area contributed by atoms with Gasteiger partial charge in [0.1, 0.15) is 5.75 Å². The Morgan fingerprint density at radius 3 is 2.59 bits per heavy atom. The lowest BCUT2D eigenvalue weighted by molar-refractivity contribution is -0.134. The topological polar surface area (TPSA) is 73.1 Å². The maximum atomic E-state index is 12.6. The molecule has 1 saturated heterocycles. The Balaban J connectivity index is 1.43. The Hall–Kier alpha value is -3.22. The molecule has 2 heterocycles. The molecule has 0 aliphatic carbocycles. The van der Waals surface area contributed by atoms with Crippen LogP contribution < -0.4 is 4.74 Å². The second-order valence-electron chi connectivity index (χ2n) is 6.57. The molecule has 138 valence electrons. The van der Waals surface area contributed by atoms with Crippen molar-refractivity contribution in [1.29, 1.82) is 0 Å². The van der Waals surface area contributed by atoms with Crippen molar-refractivity contribution in [2.45, 2.75) is 18.8 Å². The fraction of sp³-hybridized carbons (Fsp3) is 0.300. The van der Waals surface area contributed by atoms with E-state index < -0.39 is 0 Å². The highest BCUT2D eigenvalue weighted by atomic mass is 16.5. The number of tetrazole rings is 1. The van der Waals surface area contributed by atoms with Crippen molar-refractivity contribution in [2.75, 3.05) is 19.7 Å². The molecule has 0 saturated carbocycles. The van der Waals surface area contributed by atoms with Gasteiger partial charge in [0.15, 0.2) is 12.4 Å². The van der Waals surface area contributed by atoms with Crippen LogP contribution in [0, 0.1) is 0 Å². The number of carbonyl (C=O) groups excluding carboxylic acids is 1. The molecule has 4 rings (SSSR count). The number of para-hydroxylation sites is 2. The molecule has 1 atom stereocenters. The highest BCUT2D eigenvalue weighted by molar-refractivity contribution is 5.78. The molecule has 0 bridgehead atoms. The number of likely N-dealkylation sites (tertiary alicyclic amines) is 1. The molecule has 1 amide bonds. The molecule has 1 unspecified atom stereocenters. The molecule has 27 heavy (non-hydrogen) atoms. The van der Waals surface area contributed by atoms with E-state index in [0.29, 0.717) is 12.3 Å². The molecule has 0 spiro atoms. The number of nitrogens with zero attached hydrogens (tertiary/aromatic N) is 5. The second kappa shape index (κ2) is 7.99. The molecule has 3 aromatic rings. The number of benzene rings is 2. The summed E-state index contributed by atoms with van der Waals surface area (Å²) in [6.07, 6.45) is 1.87. The van der Waals surface area contributed by atoms with Crippen molar-refractivity contribution in [3.8, 4) is 11.4 Å². The van der Waals surface area contributed by atoms with Gasteiger partial charge < -0.3 is 9.64 Å². The monoisotopic (exact) mass is 363 g/mol. The third kappa shape index (κ3) is 3.97. The first-order valence-corrected chi connectivity index (χ1v) is 9.10. The van der Waals surface area contributed by atoms with Crippen LogP contribution in [0.2, 0.25) is 0 Å². The number of piperidine rings is 1. The van der Waals surface area contributed by atoms with Gasteiger partial charge in [-0.25, -0.2) is 0 Å². The zero-order valence-electron chi connectivity index (χ0n) is 14.9. The SMILES string of the molecule is O=C(COc1ccccc1)N1CCCC(c2nnnn2-c2ccccc2)C1. The quantitative estimate of drug-likeness (QED) is 0.696. The van der Waals surface area contributed by atoms with E-state index in [1.54, 1.807) is 4.68 Å². The van der Waals surface area contributed by atoms with Gasteiger partial charge in [0.2, 0.25) is 0 Å². The summed E-state index contributed by atoms with van der Waals surface area (Å²) >= 11 is 0. The molecule has 1 aromatic heterocycles. The fourth-order valence-electron chi connectivity index (χ4n) is 3.37. The van der Waals surface area contributed by atoms with E-state index in [2.05, 4.69) is 15.5 Å². The Labute approximate surface area is 157 Å². The summed E-state index contributed by atoms with van der Waals surface area (Å²) in [7, 11) is 0. The Morgan fingerprint density at radius 1 is 1.07 bits per heavy atom. The summed E-state index contributed by atoms with van der Waals surface area (Å²) in [5, 5.41) is 12.2. The van der Waals surface area contributed by atoms with Gasteiger partial charge in [-0.3, -0.25) is 4.79 Å². The normalized spacial score (nSPS) is 16.9. The highest BCUT2D eigenvalue weighted by Gasteiger charge is 2.29. The van der Waals surface area contributed by atoms with Gasteiger partial charge in [0.05, 0.1) is 5.69 Å². The Kier molecular flexibility index (Phi) is 5.09. The van der Waals surface area contributed by atoms with Crippen LogP contribution >= 0.6 is 0 Å². The van der Waals surface area contributed by atoms with E-state index in [4.69, 9.17) is 4.74 Å². The lowest BCUT2D eigenvalue weighted by atomic mass is 9.97. The summed E-state index contributed by atoms with van der Waals surface area (Å²) in [5.41, 5.74) is 0.924. The van der Waals surface area contributed by atoms with Crippen LogP contribution in [-0.4, -0.2) is 50.7 Å². The van der Waals surface area contributed by atoms with Gasteiger partial charge >= 0.3 is 0 Å². The Morgan fingerprint density at radius 2 is 1.81 bits per heavy atom. The number of aromatic nitrogens is 4. The highest BCUT2D eigenvalue weighted by Crippen LogP contribution is 2.26. The number of amides is 1. The maximum absolute atomic E-state index is 12.6. The van der Waals surface area contributed by atoms with E-state index in [9.17, 15) is 4.79 Å². The number of rotatable bonds is 5. The van der Waals surface area contributed by atoms with Crippen LogP contribution in [0.4, 0.5) is 0 Å². The van der Waals surface area contributed by atoms with Crippen LogP contribution in [0.25, 0.3) is 5.69 Å². The Bertz CT molecular complexity index is 882. The lowest BCUT2D eigenvalue weighted by Gasteiger charge is -2.32. The molecule has 0 N–H and O–H groups in total. The minimum Gasteiger partial charge on any atom is -0.484 e. The first-order valence-electron chi connectivity index (χ1n) is 9.10. The summed E-state index contributed by atoms with van der Waals surface area (Å²) in [4.78, 5) is 14.4. The molecule has 7 nitrogen and oxygen atoms in total. The van der Waals surface area contributed by atoms with Crippen molar-refractivity contribution in [2.24, 2.45) is 0 Å². The van der Waals surface area contributed by atoms with Crippen molar-refractivity contribution >= 4 is 5.91 Å². The van der Waals surface area contributed by atoms with Crippen LogP contribution in [0.1, 0.15) is 24.6 Å². The van der Waals surface area contributed by atoms with E-state index in [1.165, 1.54) is 0 Å².